The maximum absolute atomic E-state index is 13.6. The first-order chi connectivity index (χ1) is 15.0. The third-order valence-electron chi connectivity index (χ3n) is 5.33. The fourth-order valence-electron chi connectivity index (χ4n) is 4.01. The van der Waals surface area contributed by atoms with Crippen LogP contribution in [0.2, 0.25) is 5.02 Å². The van der Waals surface area contributed by atoms with E-state index in [0.717, 1.165) is 22.6 Å². The van der Waals surface area contributed by atoms with E-state index in [0.29, 0.717) is 35.3 Å². The van der Waals surface area contributed by atoms with E-state index in [1.807, 2.05) is 11.9 Å². The number of benzene rings is 2. The van der Waals surface area contributed by atoms with E-state index in [9.17, 15) is 4.79 Å². The number of aryl methyl sites for hydroxylation is 1. The van der Waals surface area contributed by atoms with Gasteiger partial charge in [-0.05, 0) is 48.7 Å². The van der Waals surface area contributed by atoms with Crippen molar-refractivity contribution >= 4 is 39.1 Å². The number of aromatic nitrogens is 4. The average molecular weight is 453 g/mol. The van der Waals surface area contributed by atoms with Gasteiger partial charge in [-0.2, -0.15) is 15.0 Å². The van der Waals surface area contributed by atoms with E-state index in [-0.39, 0.29) is 5.91 Å². The van der Waals surface area contributed by atoms with Gasteiger partial charge < -0.3 is 0 Å². The predicted octanol–water partition coefficient (Wildman–Crippen LogP) is 4.35. The molecule has 4 aromatic rings. The standard InChI is InChI=1S/C22H21ClN6OS/c1-14-11-27(13-16-3-5-19-21(9-16)31-15(2)26-19)28(12-14)22(30)18-10-17(23)4-6-20(18)29-24-7-8-25-29/h3-10,14H,11-13H2,1-2H3/t14-/m0/s1. The van der Waals surface area contributed by atoms with Crippen molar-refractivity contribution in [1.82, 2.24) is 30.0 Å². The van der Waals surface area contributed by atoms with E-state index in [4.69, 9.17) is 11.6 Å². The number of thiazole rings is 1. The average Bonchev–Trinajstić information content (AvgIpc) is 3.47. The molecule has 0 aliphatic carbocycles. The van der Waals surface area contributed by atoms with Crippen molar-refractivity contribution in [2.45, 2.75) is 20.4 Å². The molecule has 1 aliphatic rings. The molecule has 1 fully saturated rings. The summed E-state index contributed by atoms with van der Waals surface area (Å²) in [5.41, 5.74) is 3.27. The van der Waals surface area contributed by atoms with Crippen LogP contribution in [0.25, 0.3) is 15.9 Å². The summed E-state index contributed by atoms with van der Waals surface area (Å²) in [7, 11) is 0. The first-order valence-electron chi connectivity index (χ1n) is 10.1. The summed E-state index contributed by atoms with van der Waals surface area (Å²) < 4.78 is 1.17. The lowest BCUT2D eigenvalue weighted by Crippen LogP contribution is -2.41. The van der Waals surface area contributed by atoms with Gasteiger partial charge in [-0.25, -0.2) is 9.99 Å². The monoisotopic (exact) mass is 452 g/mol. The Morgan fingerprint density at radius 3 is 2.77 bits per heavy atom. The molecular weight excluding hydrogens is 432 g/mol. The van der Waals surface area contributed by atoms with Crippen LogP contribution in [0, 0.1) is 12.8 Å². The molecule has 31 heavy (non-hydrogen) atoms. The molecule has 0 unspecified atom stereocenters. The van der Waals surface area contributed by atoms with Crippen LogP contribution in [0.4, 0.5) is 0 Å². The van der Waals surface area contributed by atoms with Crippen molar-refractivity contribution in [2.24, 2.45) is 5.92 Å². The number of rotatable bonds is 4. The number of nitrogens with zero attached hydrogens (tertiary/aromatic N) is 6. The zero-order valence-electron chi connectivity index (χ0n) is 17.2. The first kappa shape index (κ1) is 20.1. The Labute approximate surface area is 188 Å². The minimum Gasteiger partial charge on any atom is -0.271 e. The zero-order chi connectivity index (χ0) is 21.5. The quantitative estimate of drug-likeness (QED) is 0.460. The van der Waals surface area contributed by atoms with Gasteiger partial charge in [0, 0.05) is 24.7 Å². The van der Waals surface area contributed by atoms with Gasteiger partial charge in [0.15, 0.2) is 0 Å². The number of carbonyl (C=O) groups is 1. The van der Waals surface area contributed by atoms with Crippen LogP contribution in [0.5, 0.6) is 0 Å². The van der Waals surface area contributed by atoms with Gasteiger partial charge in [-0.1, -0.05) is 24.6 Å². The summed E-state index contributed by atoms with van der Waals surface area (Å²) in [4.78, 5) is 19.6. The molecular formula is C22H21ClN6OS. The molecule has 5 rings (SSSR count). The van der Waals surface area contributed by atoms with E-state index in [1.54, 1.807) is 41.9 Å². The molecule has 158 valence electrons. The number of halogens is 1. The predicted molar refractivity (Wildman–Crippen MR) is 121 cm³/mol. The van der Waals surface area contributed by atoms with Crippen LogP contribution in [-0.2, 0) is 6.54 Å². The number of hydrogen-bond acceptors (Lipinski definition) is 6. The minimum atomic E-state index is -0.103. The summed E-state index contributed by atoms with van der Waals surface area (Å²) >= 11 is 7.93. The van der Waals surface area contributed by atoms with E-state index >= 15 is 0 Å². The van der Waals surface area contributed by atoms with Crippen LogP contribution in [-0.4, -0.2) is 49.0 Å². The molecule has 0 radical (unpaired) electrons. The maximum Gasteiger partial charge on any atom is 0.270 e. The van der Waals surface area contributed by atoms with Crippen LogP contribution >= 0.6 is 22.9 Å². The fraction of sp³-hybridized carbons (Fsp3) is 0.273. The second-order valence-electron chi connectivity index (χ2n) is 7.85. The highest BCUT2D eigenvalue weighted by atomic mass is 35.5. The molecule has 7 nitrogen and oxygen atoms in total. The number of amides is 1. The fourth-order valence-corrected chi connectivity index (χ4v) is 5.08. The smallest absolute Gasteiger partial charge is 0.270 e. The van der Waals surface area contributed by atoms with Crippen LogP contribution < -0.4 is 0 Å². The minimum absolute atomic E-state index is 0.103. The molecule has 9 heteroatoms. The first-order valence-corrected chi connectivity index (χ1v) is 11.3. The molecule has 0 N–H and O–H groups in total. The zero-order valence-corrected chi connectivity index (χ0v) is 18.8. The number of hydrogen-bond donors (Lipinski definition) is 0. The number of fused-ring (bicyclic) bond motifs is 1. The van der Waals surface area contributed by atoms with Crippen molar-refractivity contribution < 1.29 is 4.79 Å². The van der Waals surface area contributed by atoms with Gasteiger partial charge in [0.2, 0.25) is 0 Å². The largest absolute Gasteiger partial charge is 0.271 e. The molecule has 3 heterocycles. The number of carbonyl (C=O) groups excluding carboxylic acids is 1. The van der Waals surface area contributed by atoms with Crippen LogP contribution in [0.3, 0.4) is 0 Å². The Morgan fingerprint density at radius 2 is 1.97 bits per heavy atom. The molecule has 1 aliphatic heterocycles. The Bertz CT molecular complexity index is 1250. The molecule has 2 aromatic carbocycles. The normalized spacial score (nSPS) is 17.0. The third-order valence-corrected chi connectivity index (χ3v) is 6.50. The van der Waals surface area contributed by atoms with Crippen molar-refractivity contribution in [2.75, 3.05) is 13.1 Å². The lowest BCUT2D eigenvalue weighted by molar-refractivity contribution is 0.0170. The highest BCUT2D eigenvalue weighted by molar-refractivity contribution is 7.18. The SMILES string of the molecule is Cc1nc2ccc(CN3C[C@H](C)CN3C(=O)c3cc(Cl)ccc3-n3nccn3)cc2s1. The summed E-state index contributed by atoms with van der Waals surface area (Å²) in [5, 5.41) is 13.9. The molecule has 1 saturated heterocycles. The second-order valence-corrected chi connectivity index (χ2v) is 9.53. The van der Waals surface area contributed by atoms with Gasteiger partial charge in [-0.3, -0.25) is 9.80 Å². The summed E-state index contributed by atoms with van der Waals surface area (Å²) in [6, 6.07) is 11.5. The lowest BCUT2D eigenvalue weighted by atomic mass is 10.1. The van der Waals surface area contributed by atoms with Crippen LogP contribution in [0.1, 0.15) is 27.9 Å². The number of hydrazine groups is 1. The Hall–Kier alpha value is -2.81. The van der Waals surface area contributed by atoms with Crippen molar-refractivity contribution in [3.05, 3.63) is 69.9 Å². The van der Waals surface area contributed by atoms with Crippen LogP contribution in [0.15, 0.2) is 48.8 Å². The van der Waals surface area contributed by atoms with Crippen molar-refractivity contribution in [1.29, 1.82) is 0 Å². The third kappa shape index (κ3) is 3.94. The summed E-state index contributed by atoms with van der Waals surface area (Å²) in [6.07, 6.45) is 3.18. The molecule has 0 saturated carbocycles. The molecule has 2 aromatic heterocycles. The van der Waals surface area contributed by atoms with Gasteiger partial charge in [-0.15, -0.1) is 11.3 Å². The van der Waals surface area contributed by atoms with E-state index in [1.165, 1.54) is 9.50 Å². The Kier molecular flexibility index (Phi) is 5.21. The highest BCUT2D eigenvalue weighted by Crippen LogP contribution is 2.28. The van der Waals surface area contributed by atoms with Gasteiger partial charge >= 0.3 is 0 Å². The summed E-state index contributed by atoms with van der Waals surface area (Å²) in [6.45, 7) is 6.29. The Morgan fingerprint density at radius 1 is 1.16 bits per heavy atom. The molecule has 0 bridgehead atoms. The topological polar surface area (TPSA) is 67.2 Å². The maximum atomic E-state index is 13.6. The van der Waals surface area contributed by atoms with Gasteiger partial charge in [0.1, 0.15) is 0 Å². The van der Waals surface area contributed by atoms with Crippen molar-refractivity contribution in [3.8, 4) is 5.69 Å². The van der Waals surface area contributed by atoms with Gasteiger partial charge in [0.05, 0.1) is 38.9 Å². The van der Waals surface area contributed by atoms with E-state index in [2.05, 4.69) is 45.3 Å². The van der Waals surface area contributed by atoms with E-state index < -0.39 is 0 Å². The molecule has 1 atom stereocenters. The highest BCUT2D eigenvalue weighted by Gasteiger charge is 2.33. The molecule has 1 amide bonds. The Balaban J connectivity index is 1.46. The summed E-state index contributed by atoms with van der Waals surface area (Å²) in [5.74, 6) is 0.262. The van der Waals surface area contributed by atoms with Crippen molar-refractivity contribution in [3.63, 3.8) is 0 Å². The molecule has 0 spiro atoms. The van der Waals surface area contributed by atoms with Gasteiger partial charge in [0.25, 0.3) is 5.91 Å². The second kappa shape index (κ2) is 8.03. The lowest BCUT2D eigenvalue weighted by Gasteiger charge is -2.28.